The summed E-state index contributed by atoms with van der Waals surface area (Å²) in [7, 11) is 0. The van der Waals surface area contributed by atoms with E-state index in [2.05, 4.69) is 10.4 Å². The van der Waals surface area contributed by atoms with Gasteiger partial charge >= 0.3 is 0 Å². The Morgan fingerprint density at radius 1 is 1.60 bits per heavy atom. The third kappa shape index (κ3) is 3.39. The van der Waals surface area contributed by atoms with Gasteiger partial charge in [0.1, 0.15) is 0 Å². The minimum atomic E-state index is -0.0575. The highest BCUT2D eigenvalue weighted by molar-refractivity contribution is 6.33. The lowest BCUT2D eigenvalue weighted by Gasteiger charge is -2.31. The van der Waals surface area contributed by atoms with Gasteiger partial charge in [-0.3, -0.25) is 4.79 Å². The average molecular weight is 299 g/mol. The Bertz CT molecular complexity index is 475. The average Bonchev–Trinajstić information content (AvgIpc) is 2.47. The number of ether oxygens (including phenoxy) is 1. The summed E-state index contributed by atoms with van der Waals surface area (Å²) in [6.45, 7) is 4.08. The first-order chi connectivity index (χ1) is 9.65. The number of rotatable bonds is 4. The highest BCUT2D eigenvalue weighted by atomic mass is 35.5. The normalized spacial score (nSPS) is 16.2. The number of hydrazine groups is 1. The minimum absolute atomic E-state index is 0.0575. The Hall–Kier alpha value is -1.37. The van der Waals surface area contributed by atoms with Gasteiger partial charge in [-0.05, 0) is 25.8 Å². The Kier molecular flexibility index (Phi) is 5.17. The maximum atomic E-state index is 12.4. The number of likely N-dealkylation sites (tertiary alicyclic amines) is 1. The number of nitrogen functional groups attached to an aromatic ring is 1. The molecule has 1 aliphatic heterocycles. The lowest BCUT2D eigenvalue weighted by Crippen LogP contribution is -2.41. The zero-order valence-electron chi connectivity index (χ0n) is 11.4. The van der Waals surface area contributed by atoms with Gasteiger partial charge in [0.05, 0.1) is 16.7 Å². The summed E-state index contributed by atoms with van der Waals surface area (Å²) < 4.78 is 5.57. The van der Waals surface area contributed by atoms with E-state index in [0.717, 1.165) is 12.8 Å². The van der Waals surface area contributed by atoms with E-state index < -0.39 is 0 Å². The highest BCUT2D eigenvalue weighted by Gasteiger charge is 2.24. The van der Waals surface area contributed by atoms with Gasteiger partial charge in [0, 0.05) is 25.9 Å². The standard InChI is InChI=1S/C13H19ClN4O2/c1-2-20-10-3-5-18(6-4-10)13(19)9-7-11(14)12(17-15)16-8-9/h7-8,10H,2-6,15H2,1H3,(H,16,17). The van der Waals surface area contributed by atoms with Crippen LogP contribution < -0.4 is 11.3 Å². The number of piperidine rings is 1. The van der Waals surface area contributed by atoms with Crippen LogP contribution in [0.2, 0.25) is 5.02 Å². The Balaban J connectivity index is 2.00. The quantitative estimate of drug-likeness (QED) is 0.653. The van der Waals surface area contributed by atoms with Crippen molar-refractivity contribution in [1.29, 1.82) is 0 Å². The highest BCUT2D eigenvalue weighted by Crippen LogP contribution is 2.21. The molecule has 0 aromatic carbocycles. The number of amides is 1. The van der Waals surface area contributed by atoms with E-state index in [0.29, 0.717) is 36.1 Å². The van der Waals surface area contributed by atoms with Crippen LogP contribution in [0.15, 0.2) is 12.3 Å². The molecular weight excluding hydrogens is 280 g/mol. The molecule has 1 fully saturated rings. The second-order valence-electron chi connectivity index (χ2n) is 4.65. The molecule has 0 radical (unpaired) electrons. The van der Waals surface area contributed by atoms with E-state index in [1.165, 1.54) is 6.20 Å². The Labute approximate surface area is 123 Å². The third-order valence-corrected chi connectivity index (χ3v) is 3.64. The summed E-state index contributed by atoms with van der Waals surface area (Å²) in [4.78, 5) is 18.2. The second kappa shape index (κ2) is 6.88. The molecule has 0 unspecified atom stereocenters. The summed E-state index contributed by atoms with van der Waals surface area (Å²) >= 11 is 5.98. The molecule has 2 heterocycles. The van der Waals surface area contributed by atoms with Gasteiger partial charge in [0.15, 0.2) is 5.82 Å². The Morgan fingerprint density at radius 2 is 2.30 bits per heavy atom. The SMILES string of the molecule is CCOC1CCN(C(=O)c2cnc(NN)c(Cl)c2)CC1. The van der Waals surface area contributed by atoms with Crippen LogP contribution in [0, 0.1) is 0 Å². The predicted octanol–water partition coefficient (Wildman–Crippen LogP) is 1.66. The van der Waals surface area contributed by atoms with Crippen LogP contribution in [0.4, 0.5) is 5.82 Å². The molecule has 1 aliphatic rings. The van der Waals surface area contributed by atoms with Crippen molar-refractivity contribution in [3.05, 3.63) is 22.8 Å². The number of hydrogen-bond acceptors (Lipinski definition) is 5. The number of nitrogens with zero attached hydrogens (tertiary/aromatic N) is 2. The summed E-state index contributed by atoms with van der Waals surface area (Å²) in [6, 6.07) is 1.58. The third-order valence-electron chi connectivity index (χ3n) is 3.36. The topological polar surface area (TPSA) is 80.5 Å². The van der Waals surface area contributed by atoms with Crippen LogP contribution in [0.5, 0.6) is 0 Å². The molecule has 0 spiro atoms. The zero-order valence-corrected chi connectivity index (χ0v) is 12.2. The van der Waals surface area contributed by atoms with E-state index in [4.69, 9.17) is 22.2 Å². The molecule has 7 heteroatoms. The number of halogens is 1. The molecule has 0 aliphatic carbocycles. The van der Waals surface area contributed by atoms with Crippen LogP contribution >= 0.6 is 11.6 Å². The van der Waals surface area contributed by atoms with Gasteiger partial charge in [-0.2, -0.15) is 0 Å². The Morgan fingerprint density at radius 3 is 2.85 bits per heavy atom. The summed E-state index contributed by atoms with van der Waals surface area (Å²) in [5.41, 5.74) is 2.85. The van der Waals surface area contributed by atoms with Crippen molar-refractivity contribution in [3.63, 3.8) is 0 Å². The number of anilines is 1. The largest absolute Gasteiger partial charge is 0.378 e. The van der Waals surface area contributed by atoms with E-state index in [-0.39, 0.29) is 12.0 Å². The van der Waals surface area contributed by atoms with Crippen LogP contribution in [-0.2, 0) is 4.74 Å². The smallest absolute Gasteiger partial charge is 0.255 e. The fourth-order valence-electron chi connectivity index (χ4n) is 2.30. The van der Waals surface area contributed by atoms with Crippen molar-refractivity contribution in [2.45, 2.75) is 25.9 Å². The fourth-order valence-corrected chi connectivity index (χ4v) is 2.53. The second-order valence-corrected chi connectivity index (χ2v) is 5.05. The van der Waals surface area contributed by atoms with E-state index in [1.807, 2.05) is 6.92 Å². The number of carbonyl (C=O) groups excluding carboxylic acids is 1. The van der Waals surface area contributed by atoms with Crippen LogP contribution in [0.25, 0.3) is 0 Å². The molecule has 3 N–H and O–H groups in total. The van der Waals surface area contributed by atoms with Crippen molar-refractivity contribution in [2.75, 3.05) is 25.1 Å². The van der Waals surface area contributed by atoms with E-state index in [9.17, 15) is 4.79 Å². The van der Waals surface area contributed by atoms with E-state index >= 15 is 0 Å². The zero-order chi connectivity index (χ0) is 14.5. The van der Waals surface area contributed by atoms with Crippen molar-refractivity contribution in [2.24, 2.45) is 5.84 Å². The minimum Gasteiger partial charge on any atom is -0.378 e. The molecule has 2 rings (SSSR count). The van der Waals surface area contributed by atoms with Gasteiger partial charge in [-0.15, -0.1) is 0 Å². The number of nitrogens with one attached hydrogen (secondary N) is 1. The molecule has 0 atom stereocenters. The number of pyridine rings is 1. The molecule has 20 heavy (non-hydrogen) atoms. The molecular formula is C13H19ClN4O2. The van der Waals surface area contributed by atoms with Crippen molar-refractivity contribution in [1.82, 2.24) is 9.88 Å². The van der Waals surface area contributed by atoms with Gasteiger partial charge in [-0.25, -0.2) is 10.8 Å². The van der Waals surface area contributed by atoms with Crippen molar-refractivity contribution in [3.8, 4) is 0 Å². The monoisotopic (exact) mass is 298 g/mol. The molecule has 6 nitrogen and oxygen atoms in total. The first-order valence-electron chi connectivity index (χ1n) is 6.68. The first-order valence-corrected chi connectivity index (χ1v) is 7.06. The first kappa shape index (κ1) is 15.0. The van der Waals surface area contributed by atoms with E-state index in [1.54, 1.807) is 11.0 Å². The van der Waals surface area contributed by atoms with Crippen LogP contribution in [0.1, 0.15) is 30.1 Å². The molecule has 1 aromatic heterocycles. The predicted molar refractivity (Wildman–Crippen MR) is 77.6 cm³/mol. The molecule has 1 saturated heterocycles. The van der Waals surface area contributed by atoms with Gasteiger partial charge < -0.3 is 15.1 Å². The van der Waals surface area contributed by atoms with Crippen molar-refractivity contribution < 1.29 is 9.53 Å². The molecule has 0 bridgehead atoms. The van der Waals surface area contributed by atoms with Gasteiger partial charge in [-0.1, -0.05) is 11.6 Å². The maximum Gasteiger partial charge on any atom is 0.255 e. The lowest BCUT2D eigenvalue weighted by atomic mass is 10.1. The maximum absolute atomic E-state index is 12.4. The lowest BCUT2D eigenvalue weighted by molar-refractivity contribution is 0.0146. The number of hydrogen-bond donors (Lipinski definition) is 2. The number of carbonyl (C=O) groups is 1. The fraction of sp³-hybridized carbons (Fsp3) is 0.538. The summed E-state index contributed by atoms with van der Waals surface area (Å²) in [6.07, 6.45) is 3.47. The molecule has 1 aromatic rings. The number of aromatic nitrogens is 1. The molecule has 0 saturated carbocycles. The number of nitrogens with two attached hydrogens (primary N) is 1. The summed E-state index contributed by atoms with van der Waals surface area (Å²) in [5.74, 6) is 5.56. The molecule has 110 valence electrons. The van der Waals surface area contributed by atoms with Crippen LogP contribution in [0.3, 0.4) is 0 Å². The molecule has 1 amide bonds. The van der Waals surface area contributed by atoms with Gasteiger partial charge in [0.25, 0.3) is 5.91 Å². The summed E-state index contributed by atoms with van der Waals surface area (Å²) in [5, 5.41) is 0.336. The van der Waals surface area contributed by atoms with Crippen molar-refractivity contribution >= 4 is 23.3 Å². The van der Waals surface area contributed by atoms with Crippen LogP contribution in [-0.4, -0.2) is 41.6 Å². The van der Waals surface area contributed by atoms with Gasteiger partial charge in [0.2, 0.25) is 0 Å².